The quantitative estimate of drug-likeness (QED) is 0.418. The second-order valence-corrected chi connectivity index (χ2v) is 0.599. The summed E-state index contributed by atoms with van der Waals surface area (Å²) in [6.45, 7) is -13.4. The molecular formula is C4H11NO2. The molecule has 0 aliphatic carbocycles. The van der Waals surface area contributed by atoms with Crippen LogP contribution in [0, 0.1) is 0 Å². The van der Waals surface area contributed by atoms with Gasteiger partial charge < -0.3 is 15.5 Å². The number of aliphatic hydroxyl groups is 2. The van der Waals surface area contributed by atoms with Gasteiger partial charge in [0.2, 0.25) is 0 Å². The first-order valence-corrected chi connectivity index (χ1v) is 1.45. The summed E-state index contributed by atoms with van der Waals surface area (Å²) < 4.78 is 54.2. The van der Waals surface area contributed by atoms with Crippen molar-refractivity contribution in [3.63, 3.8) is 0 Å². The minimum atomic E-state index is -3.43. The molecular weight excluding hydrogens is 94.0 g/mol. The Hall–Kier alpha value is -0.120. The van der Waals surface area contributed by atoms with Gasteiger partial charge in [-0.15, -0.1) is 0 Å². The maximum Gasteiger partial charge on any atom is 0.0577 e. The van der Waals surface area contributed by atoms with E-state index in [1.165, 1.54) is 5.32 Å². The van der Waals surface area contributed by atoms with Gasteiger partial charge in [-0.1, -0.05) is 0 Å². The maximum atomic E-state index is 8.70. The molecule has 0 amide bonds. The maximum absolute atomic E-state index is 8.70. The Morgan fingerprint density at radius 3 is 2.00 bits per heavy atom. The fourth-order valence-electron chi connectivity index (χ4n) is 0.0872. The lowest BCUT2D eigenvalue weighted by atomic mass is 10.6. The average Bonchev–Trinajstić information content (AvgIpc) is 1.77. The van der Waals surface area contributed by atoms with Gasteiger partial charge in [0, 0.05) is 18.5 Å². The zero-order valence-electron chi connectivity index (χ0n) is 11.4. The fraction of sp³-hybridized carbons (Fsp3) is 1.00. The SMILES string of the molecule is [2H]C([2H])(O)C([2H])([2H])NC([2H])([2H])C([2H])([2H])O. The van der Waals surface area contributed by atoms with Crippen LogP contribution in [0.1, 0.15) is 11.0 Å². The van der Waals surface area contributed by atoms with Crippen LogP contribution in [0.4, 0.5) is 0 Å². The van der Waals surface area contributed by atoms with Gasteiger partial charge in [0.15, 0.2) is 0 Å². The van der Waals surface area contributed by atoms with E-state index in [-0.39, 0.29) is 0 Å². The summed E-state index contributed by atoms with van der Waals surface area (Å²) in [5.41, 5.74) is 0. The van der Waals surface area contributed by atoms with Crippen molar-refractivity contribution in [1.82, 2.24) is 5.32 Å². The predicted octanol–water partition coefficient (Wildman–Crippen LogP) is -1.44. The molecule has 0 atom stereocenters. The van der Waals surface area contributed by atoms with Gasteiger partial charge >= 0.3 is 0 Å². The van der Waals surface area contributed by atoms with Crippen molar-refractivity contribution >= 4 is 0 Å². The molecule has 0 fully saturated rings. The summed E-state index contributed by atoms with van der Waals surface area (Å²) in [5, 5.41) is 18.6. The molecule has 0 aromatic rings. The lowest BCUT2D eigenvalue weighted by Gasteiger charge is -1.94. The van der Waals surface area contributed by atoms with Crippen molar-refractivity contribution in [3.05, 3.63) is 0 Å². The third-order valence-electron chi connectivity index (χ3n) is 0.237. The number of hydrogen-bond donors (Lipinski definition) is 3. The van der Waals surface area contributed by atoms with Crippen molar-refractivity contribution in [2.75, 3.05) is 26.1 Å². The second kappa shape index (κ2) is 5.88. The molecule has 0 aliphatic heterocycles. The summed E-state index contributed by atoms with van der Waals surface area (Å²) in [4.78, 5) is 0. The third kappa shape index (κ3) is 5.88. The molecule has 7 heavy (non-hydrogen) atoms. The normalized spacial score (nSPS) is 34.6. The molecule has 3 N–H and O–H groups in total. The molecule has 0 radical (unpaired) electrons. The molecule has 0 aromatic carbocycles. The van der Waals surface area contributed by atoms with E-state index in [4.69, 9.17) is 21.2 Å². The van der Waals surface area contributed by atoms with Gasteiger partial charge in [-0.05, 0) is 0 Å². The Balaban J connectivity index is 4.89. The highest BCUT2D eigenvalue weighted by Gasteiger charge is 1.78. The zero-order valence-corrected chi connectivity index (χ0v) is 3.39. The molecule has 0 heterocycles. The van der Waals surface area contributed by atoms with E-state index < -0.39 is 26.1 Å². The number of rotatable bonds is 4. The molecule has 0 bridgehead atoms. The van der Waals surface area contributed by atoms with E-state index in [1.807, 2.05) is 0 Å². The molecule has 3 heteroatoms. The van der Waals surface area contributed by atoms with E-state index in [0.717, 1.165) is 0 Å². The molecule has 3 nitrogen and oxygen atoms in total. The van der Waals surface area contributed by atoms with E-state index in [9.17, 15) is 0 Å². The highest BCUT2D eigenvalue weighted by atomic mass is 16.3. The van der Waals surface area contributed by atoms with Crippen LogP contribution in [0.2, 0.25) is 0 Å². The minimum Gasteiger partial charge on any atom is -0.395 e. The van der Waals surface area contributed by atoms with Crippen LogP contribution in [0.15, 0.2) is 0 Å². The Morgan fingerprint density at radius 2 is 1.71 bits per heavy atom. The Bertz CT molecular complexity index is 206. The first kappa shape index (κ1) is 1.23. The molecule has 0 aromatic heterocycles. The van der Waals surface area contributed by atoms with Crippen LogP contribution >= 0.6 is 0 Å². The lowest BCUT2D eigenvalue weighted by molar-refractivity contribution is 0.267. The van der Waals surface area contributed by atoms with E-state index in [0.29, 0.717) is 0 Å². The molecule has 0 spiro atoms. The van der Waals surface area contributed by atoms with Gasteiger partial charge in [0.05, 0.1) is 18.6 Å². The standard InChI is InChI=1S/C4H11NO2/c6-3-1-5-2-4-7/h5-7H,1-4H2/i1D2,2D2,3D2,4D2. The average molecular weight is 113 g/mol. The summed E-state index contributed by atoms with van der Waals surface area (Å²) in [6.07, 6.45) is 0. The number of hydrogen-bond acceptors (Lipinski definition) is 3. The Kier molecular flexibility index (Phi) is 1.04. The topological polar surface area (TPSA) is 52.5 Å². The largest absolute Gasteiger partial charge is 0.395 e. The number of nitrogens with one attached hydrogen (secondary N) is 1. The predicted molar refractivity (Wildman–Crippen MR) is 27.0 cm³/mol. The van der Waals surface area contributed by atoms with Crippen molar-refractivity contribution in [2.45, 2.75) is 0 Å². The van der Waals surface area contributed by atoms with Crippen LogP contribution in [0.5, 0.6) is 0 Å². The summed E-state index contributed by atoms with van der Waals surface area (Å²) in [7, 11) is 0. The van der Waals surface area contributed by atoms with Crippen LogP contribution in [-0.4, -0.2) is 36.3 Å². The monoisotopic (exact) mass is 113 g/mol. The third-order valence-corrected chi connectivity index (χ3v) is 0.237. The highest BCUT2D eigenvalue weighted by molar-refractivity contribution is 4.39. The van der Waals surface area contributed by atoms with E-state index >= 15 is 0 Å². The van der Waals surface area contributed by atoms with Gasteiger partial charge in [-0.25, -0.2) is 0 Å². The van der Waals surface area contributed by atoms with Crippen molar-refractivity contribution in [1.29, 1.82) is 0 Å². The molecule has 44 valence electrons. The van der Waals surface area contributed by atoms with Crippen LogP contribution in [-0.2, 0) is 0 Å². The molecule has 0 unspecified atom stereocenters. The second-order valence-electron chi connectivity index (χ2n) is 0.599. The fourth-order valence-corrected chi connectivity index (χ4v) is 0.0872. The van der Waals surface area contributed by atoms with E-state index in [2.05, 4.69) is 0 Å². The van der Waals surface area contributed by atoms with Crippen molar-refractivity contribution < 1.29 is 21.2 Å². The first-order valence-electron chi connectivity index (χ1n) is 5.45. The summed E-state index contributed by atoms with van der Waals surface area (Å²) in [6, 6.07) is 0. The van der Waals surface area contributed by atoms with Gasteiger partial charge in [-0.3, -0.25) is 0 Å². The van der Waals surface area contributed by atoms with Gasteiger partial charge in [0.1, 0.15) is 0 Å². The molecule has 0 saturated carbocycles. The Labute approximate surface area is 54.2 Å². The van der Waals surface area contributed by atoms with Gasteiger partial charge in [0.25, 0.3) is 0 Å². The Morgan fingerprint density at radius 1 is 1.29 bits per heavy atom. The first-order chi connectivity index (χ1) is 6.21. The van der Waals surface area contributed by atoms with Crippen molar-refractivity contribution in [3.8, 4) is 0 Å². The lowest BCUT2D eigenvalue weighted by Crippen LogP contribution is -2.21. The van der Waals surface area contributed by atoms with Crippen LogP contribution in [0.25, 0.3) is 0 Å². The molecule has 0 rings (SSSR count). The van der Waals surface area contributed by atoms with Crippen LogP contribution in [0.3, 0.4) is 0 Å². The van der Waals surface area contributed by atoms with E-state index in [1.54, 1.807) is 0 Å². The molecule has 0 saturated heterocycles. The smallest absolute Gasteiger partial charge is 0.0577 e. The van der Waals surface area contributed by atoms with Gasteiger partial charge in [-0.2, -0.15) is 0 Å². The van der Waals surface area contributed by atoms with Crippen molar-refractivity contribution in [2.24, 2.45) is 0 Å². The molecule has 0 aliphatic rings. The van der Waals surface area contributed by atoms with Crippen LogP contribution < -0.4 is 5.32 Å². The zero-order chi connectivity index (χ0) is 12.7. The summed E-state index contributed by atoms with van der Waals surface area (Å²) in [5.74, 6) is 0. The minimum absolute atomic E-state index is 1.23. The summed E-state index contributed by atoms with van der Waals surface area (Å²) >= 11 is 0. The highest BCUT2D eigenvalue weighted by Crippen LogP contribution is 1.54.